The van der Waals surface area contributed by atoms with Crippen LogP contribution < -0.4 is 25.4 Å². The lowest BCUT2D eigenvalue weighted by atomic mass is 10.1. The number of carboxylic acids is 1. The molecule has 1 aliphatic heterocycles. The van der Waals surface area contributed by atoms with Crippen molar-refractivity contribution < 1.29 is 24.2 Å². The van der Waals surface area contributed by atoms with Gasteiger partial charge in [0.2, 0.25) is 0 Å². The van der Waals surface area contributed by atoms with Crippen molar-refractivity contribution in [1.82, 2.24) is 9.97 Å². The van der Waals surface area contributed by atoms with Crippen molar-refractivity contribution in [3.05, 3.63) is 82.9 Å². The minimum absolute atomic E-state index is 0.0294. The number of hydrogen-bond donors (Lipinski definition) is 3. The number of urea groups is 1. The zero-order chi connectivity index (χ0) is 29.1. The van der Waals surface area contributed by atoms with Gasteiger partial charge in [-0.25, -0.2) is 19.6 Å². The number of aromatic nitrogens is 2. The summed E-state index contributed by atoms with van der Waals surface area (Å²) in [5.74, 6) is 0.226. The van der Waals surface area contributed by atoms with E-state index in [1.807, 2.05) is 60.7 Å². The van der Waals surface area contributed by atoms with E-state index >= 15 is 0 Å². The van der Waals surface area contributed by atoms with E-state index < -0.39 is 5.97 Å². The number of benzene rings is 3. The summed E-state index contributed by atoms with van der Waals surface area (Å²) in [5, 5.41) is 13.8. The Balaban J connectivity index is 1.17. The fourth-order valence-corrected chi connectivity index (χ4v) is 6.55. The van der Waals surface area contributed by atoms with Crippen molar-refractivity contribution in [2.75, 3.05) is 30.0 Å². The van der Waals surface area contributed by atoms with E-state index in [-0.39, 0.29) is 11.7 Å². The van der Waals surface area contributed by atoms with Crippen molar-refractivity contribution in [2.45, 2.75) is 19.4 Å². The van der Waals surface area contributed by atoms with Gasteiger partial charge in [-0.15, -0.1) is 11.3 Å². The number of fused-ring (bicyclic) bond motifs is 2. The number of aryl methyl sites for hydroxylation is 1. The lowest BCUT2D eigenvalue weighted by molar-refractivity contribution is 0.0690. The zero-order valence-corrected chi connectivity index (χ0v) is 24.0. The molecule has 0 saturated carbocycles. The number of hydrogen-bond acceptors (Lipinski definition) is 9. The topological polar surface area (TPSA) is 140 Å². The van der Waals surface area contributed by atoms with E-state index in [1.54, 1.807) is 11.0 Å². The van der Waals surface area contributed by atoms with Crippen LogP contribution in [0.15, 0.2) is 66.7 Å². The summed E-state index contributed by atoms with van der Waals surface area (Å²) in [4.78, 5) is 36.5. The summed E-state index contributed by atoms with van der Waals surface area (Å²) >= 11 is 2.74. The summed E-state index contributed by atoms with van der Waals surface area (Å²) < 4.78 is 12.6. The van der Waals surface area contributed by atoms with Gasteiger partial charge < -0.3 is 20.3 Å². The highest BCUT2D eigenvalue weighted by atomic mass is 32.1. The van der Waals surface area contributed by atoms with Crippen molar-refractivity contribution in [3.8, 4) is 22.1 Å². The number of nitrogens with one attached hydrogen (secondary N) is 1. The molecule has 5 aromatic rings. The van der Waals surface area contributed by atoms with Crippen LogP contribution in [0.2, 0.25) is 0 Å². The van der Waals surface area contributed by atoms with E-state index in [9.17, 15) is 14.7 Å². The van der Waals surface area contributed by atoms with Gasteiger partial charge in [0.05, 0.1) is 29.1 Å². The van der Waals surface area contributed by atoms with Crippen molar-refractivity contribution >= 4 is 55.7 Å². The molecule has 0 saturated heterocycles. The van der Waals surface area contributed by atoms with Gasteiger partial charge in [0, 0.05) is 17.0 Å². The van der Waals surface area contributed by atoms with Gasteiger partial charge in [-0.3, -0.25) is 10.2 Å². The highest BCUT2D eigenvalue weighted by Crippen LogP contribution is 2.38. The first-order valence-electron chi connectivity index (χ1n) is 13.3. The number of nitrogens with two attached hydrogens (primary N) is 1. The van der Waals surface area contributed by atoms with Gasteiger partial charge in [0.1, 0.15) is 23.1 Å². The Morgan fingerprint density at radius 1 is 1.07 bits per heavy atom. The Labute approximate surface area is 249 Å². The van der Waals surface area contributed by atoms with Gasteiger partial charge in [-0.2, -0.15) is 0 Å². The number of ether oxygens (including phenoxy) is 2. The third-order valence-corrected chi connectivity index (χ3v) is 8.81. The van der Waals surface area contributed by atoms with E-state index in [0.29, 0.717) is 71.2 Å². The highest BCUT2D eigenvalue weighted by molar-refractivity contribution is 7.22. The number of rotatable bonds is 9. The van der Waals surface area contributed by atoms with E-state index in [1.165, 1.54) is 22.7 Å². The van der Waals surface area contributed by atoms with Gasteiger partial charge in [-0.1, -0.05) is 35.6 Å². The maximum atomic E-state index is 13.3. The van der Waals surface area contributed by atoms with Crippen LogP contribution in [-0.4, -0.2) is 46.8 Å². The second-order valence-corrected chi connectivity index (χ2v) is 11.6. The molecular weight excluding hydrogens is 574 g/mol. The summed E-state index contributed by atoms with van der Waals surface area (Å²) in [7, 11) is 0. The Hall–Kier alpha value is -4.52. The molecule has 0 spiro atoms. The predicted octanol–water partition coefficient (Wildman–Crippen LogP) is 6.02. The molecule has 214 valence electrons. The van der Waals surface area contributed by atoms with Crippen LogP contribution in [-0.2, 0) is 13.0 Å². The molecule has 0 fully saturated rings. The van der Waals surface area contributed by atoms with E-state index in [4.69, 9.17) is 15.2 Å². The Morgan fingerprint density at radius 3 is 2.69 bits per heavy atom. The minimum Gasteiger partial charge on any atom is -0.494 e. The number of amides is 2. The quantitative estimate of drug-likeness (QED) is 0.174. The van der Waals surface area contributed by atoms with Gasteiger partial charge in [0.15, 0.2) is 10.8 Å². The number of nitrogens with zero attached hydrogens (tertiary/aromatic N) is 3. The molecule has 12 heteroatoms. The molecule has 2 amide bonds. The van der Waals surface area contributed by atoms with Crippen LogP contribution in [0.5, 0.6) is 11.5 Å². The Bertz CT molecular complexity index is 1720. The van der Waals surface area contributed by atoms with Gasteiger partial charge in [0.25, 0.3) is 0 Å². The number of carbonyl (C=O) groups excluding carboxylic acids is 1. The summed E-state index contributed by atoms with van der Waals surface area (Å²) in [6, 6.07) is 20.4. The van der Waals surface area contributed by atoms with Crippen LogP contribution in [0.1, 0.15) is 27.3 Å². The number of carbonyl (C=O) groups is 2. The number of thiazole rings is 2. The minimum atomic E-state index is -1.08. The smallest absolute Gasteiger partial charge is 0.355 e. The largest absolute Gasteiger partial charge is 0.494 e. The molecule has 10 nitrogen and oxygen atoms in total. The Kier molecular flexibility index (Phi) is 8.00. The fraction of sp³-hybridized carbons (Fsp3) is 0.200. The number of aromatic carboxylic acids is 1. The summed E-state index contributed by atoms with van der Waals surface area (Å²) in [5.41, 5.74) is 8.80. The monoisotopic (exact) mass is 601 g/mol. The number of carboxylic acid groups (broad SMARTS) is 1. The lowest BCUT2D eigenvalue weighted by Crippen LogP contribution is -2.40. The van der Waals surface area contributed by atoms with Crippen molar-refractivity contribution in [2.24, 2.45) is 5.73 Å². The first-order chi connectivity index (χ1) is 20.5. The molecule has 0 radical (unpaired) electrons. The SMILES string of the molecule is NCc1ccc(OCCCc2sc(-c3ccc4c(c3)N(C(=O)Nc3nc5ccccc5s3)CCO4)nc2C(=O)O)cc1. The van der Waals surface area contributed by atoms with Crippen molar-refractivity contribution in [1.29, 1.82) is 0 Å². The molecule has 0 bridgehead atoms. The molecule has 0 atom stereocenters. The first kappa shape index (κ1) is 27.6. The normalized spacial score (nSPS) is 12.5. The maximum absolute atomic E-state index is 13.3. The predicted molar refractivity (Wildman–Crippen MR) is 164 cm³/mol. The third-order valence-electron chi connectivity index (χ3n) is 6.70. The third kappa shape index (κ3) is 5.91. The Morgan fingerprint density at radius 2 is 1.90 bits per heavy atom. The van der Waals surface area contributed by atoms with Crippen LogP contribution in [0.4, 0.5) is 15.6 Å². The fourth-order valence-electron chi connectivity index (χ4n) is 4.60. The lowest BCUT2D eigenvalue weighted by Gasteiger charge is -2.29. The first-order valence-corrected chi connectivity index (χ1v) is 15.0. The van der Waals surface area contributed by atoms with Crippen molar-refractivity contribution in [3.63, 3.8) is 0 Å². The highest BCUT2D eigenvalue weighted by Gasteiger charge is 2.26. The number of anilines is 2. The average molecular weight is 602 g/mol. The second-order valence-electron chi connectivity index (χ2n) is 9.50. The van der Waals surface area contributed by atoms with Crippen LogP contribution >= 0.6 is 22.7 Å². The number of para-hydroxylation sites is 1. The molecule has 6 rings (SSSR count). The van der Waals surface area contributed by atoms with Crippen LogP contribution in [0.25, 0.3) is 20.8 Å². The van der Waals surface area contributed by atoms with E-state index in [0.717, 1.165) is 21.5 Å². The van der Waals surface area contributed by atoms with Crippen LogP contribution in [0.3, 0.4) is 0 Å². The molecule has 1 aliphatic rings. The standard InChI is InChI=1S/C30H27N5O5S2/c31-17-18-7-10-20(11-8-18)39-14-3-6-25-26(28(36)37)33-27(41-25)19-9-12-23-22(16-19)35(13-15-40-23)30(38)34-29-32-21-4-1-2-5-24(21)42-29/h1-2,4-5,7-12,16H,3,6,13-15,17,31H2,(H,36,37)(H,32,34,38). The molecule has 3 aromatic carbocycles. The molecule has 4 N–H and O–H groups in total. The summed E-state index contributed by atoms with van der Waals surface area (Å²) in [6.45, 7) is 1.61. The maximum Gasteiger partial charge on any atom is 0.355 e. The zero-order valence-electron chi connectivity index (χ0n) is 22.4. The van der Waals surface area contributed by atoms with E-state index in [2.05, 4.69) is 15.3 Å². The molecular formula is C30H27N5O5S2. The molecule has 42 heavy (non-hydrogen) atoms. The average Bonchev–Trinajstić information content (AvgIpc) is 3.63. The molecule has 2 aromatic heterocycles. The molecule has 0 aliphatic carbocycles. The molecule has 0 unspecified atom stereocenters. The second kappa shape index (κ2) is 12.1. The van der Waals surface area contributed by atoms with Gasteiger partial charge >= 0.3 is 12.0 Å². The molecule has 3 heterocycles. The summed E-state index contributed by atoms with van der Waals surface area (Å²) in [6.07, 6.45) is 1.13. The van der Waals surface area contributed by atoms with Gasteiger partial charge in [-0.05, 0) is 60.9 Å². The van der Waals surface area contributed by atoms with Crippen LogP contribution in [0, 0.1) is 0 Å².